The molecule has 0 aliphatic heterocycles. The van der Waals surface area contributed by atoms with E-state index in [1.54, 1.807) is 0 Å². The van der Waals surface area contributed by atoms with Crippen molar-refractivity contribution in [1.29, 1.82) is 0 Å². The minimum absolute atomic E-state index is 0.0497. The topological polar surface area (TPSA) is 72.2 Å². The van der Waals surface area contributed by atoms with E-state index in [1.165, 1.54) is 17.7 Å². The van der Waals surface area contributed by atoms with Gasteiger partial charge in [-0.3, -0.25) is 0 Å². The van der Waals surface area contributed by atoms with Gasteiger partial charge >= 0.3 is 12.3 Å². The Kier molecular flexibility index (Phi) is 5.29. The maximum absolute atomic E-state index is 12.7. The lowest BCUT2D eigenvalue weighted by Crippen LogP contribution is -2.41. The van der Waals surface area contributed by atoms with Gasteiger partial charge in [0.25, 0.3) is 0 Å². The van der Waals surface area contributed by atoms with Crippen molar-refractivity contribution in [3.63, 3.8) is 0 Å². The fourth-order valence-electron chi connectivity index (χ4n) is 1.43. The second-order valence-electron chi connectivity index (χ2n) is 4.23. The summed E-state index contributed by atoms with van der Waals surface area (Å²) in [5, 5.41) is 0. The Balaban J connectivity index is 2.99. The Morgan fingerprint density at radius 2 is 2.00 bits per heavy atom. The fourth-order valence-corrected chi connectivity index (χ4v) is 2.79. The maximum Gasteiger partial charge on any atom is 0.320 e. The van der Waals surface area contributed by atoms with Gasteiger partial charge in [0, 0.05) is 5.56 Å². The van der Waals surface area contributed by atoms with Gasteiger partial charge < -0.3 is 5.73 Å². The molecule has 10 heteroatoms. The fraction of sp³-hybridized carbons (Fsp3) is 0.364. The van der Waals surface area contributed by atoms with E-state index in [-0.39, 0.29) is 9.88 Å². The van der Waals surface area contributed by atoms with Crippen LogP contribution in [0.25, 0.3) is 0 Å². The molecule has 4 nitrogen and oxygen atoms in total. The zero-order chi connectivity index (χ0) is 16.4. The Morgan fingerprint density at radius 1 is 1.43 bits per heavy atom. The first kappa shape index (κ1) is 17.8. The lowest BCUT2D eigenvalue weighted by atomic mass is 10.1. The van der Waals surface area contributed by atoms with Gasteiger partial charge in [0.15, 0.2) is 0 Å². The predicted molar refractivity (Wildman–Crippen MR) is 73.2 cm³/mol. The summed E-state index contributed by atoms with van der Waals surface area (Å²) < 4.78 is 74.4. The van der Waals surface area contributed by atoms with Gasteiger partial charge in [0.1, 0.15) is 4.99 Å². The SMILES string of the molecule is Cc1cc(S(=O)(=O)NCC(F)(F)C(F)F)ccc1C(N)=S. The van der Waals surface area contributed by atoms with Gasteiger partial charge in [-0.1, -0.05) is 18.3 Å². The molecule has 0 aliphatic rings. The standard InChI is InChI=1S/C11H12F4N2O2S2/c1-6-4-7(2-3-8(6)9(16)20)21(18,19)17-5-11(14,15)10(12)13/h2-4,10,17H,5H2,1H3,(H2,16,20). The first-order valence-electron chi connectivity index (χ1n) is 5.53. The van der Waals surface area contributed by atoms with Gasteiger partial charge in [-0.05, 0) is 24.6 Å². The monoisotopic (exact) mass is 344 g/mol. The van der Waals surface area contributed by atoms with E-state index >= 15 is 0 Å². The van der Waals surface area contributed by atoms with Gasteiger partial charge in [0.05, 0.1) is 11.4 Å². The Hall–Kier alpha value is -1.26. The number of nitrogens with one attached hydrogen (secondary N) is 1. The van der Waals surface area contributed by atoms with Crippen LogP contribution in [0.15, 0.2) is 23.1 Å². The first-order valence-corrected chi connectivity index (χ1v) is 7.42. The summed E-state index contributed by atoms with van der Waals surface area (Å²) >= 11 is 4.75. The zero-order valence-electron chi connectivity index (χ0n) is 10.7. The van der Waals surface area contributed by atoms with Crippen LogP contribution in [0.5, 0.6) is 0 Å². The van der Waals surface area contributed by atoms with Crippen LogP contribution in [0.3, 0.4) is 0 Å². The molecule has 3 N–H and O–H groups in total. The largest absolute Gasteiger partial charge is 0.389 e. The van der Waals surface area contributed by atoms with E-state index in [0.717, 1.165) is 12.1 Å². The molecule has 0 spiro atoms. The molecule has 0 bridgehead atoms. The van der Waals surface area contributed by atoms with E-state index in [9.17, 15) is 26.0 Å². The van der Waals surface area contributed by atoms with Crippen LogP contribution in [0.4, 0.5) is 17.6 Å². The maximum atomic E-state index is 12.7. The van der Waals surface area contributed by atoms with Crippen molar-refractivity contribution >= 4 is 27.2 Å². The summed E-state index contributed by atoms with van der Waals surface area (Å²) in [6.07, 6.45) is -3.96. The minimum Gasteiger partial charge on any atom is -0.389 e. The van der Waals surface area contributed by atoms with Gasteiger partial charge in [-0.2, -0.15) is 8.78 Å². The number of aryl methyl sites for hydroxylation is 1. The Bertz CT molecular complexity index is 648. The molecular weight excluding hydrogens is 332 g/mol. The second-order valence-corrected chi connectivity index (χ2v) is 6.43. The molecule has 21 heavy (non-hydrogen) atoms. The molecule has 118 valence electrons. The van der Waals surface area contributed by atoms with Crippen LogP contribution in [-0.2, 0) is 10.0 Å². The Labute approximate surface area is 124 Å². The molecule has 1 aromatic rings. The quantitative estimate of drug-likeness (QED) is 0.610. The van der Waals surface area contributed by atoms with Crippen LogP contribution in [0, 0.1) is 6.92 Å². The predicted octanol–water partition coefficient (Wildman–Crippen LogP) is 1.81. The third-order valence-corrected chi connectivity index (χ3v) is 4.21. The molecule has 0 saturated carbocycles. The van der Waals surface area contributed by atoms with Crippen molar-refractivity contribution in [3.05, 3.63) is 29.3 Å². The average Bonchev–Trinajstić information content (AvgIpc) is 2.36. The summed E-state index contributed by atoms with van der Waals surface area (Å²) in [5.74, 6) is -4.44. The molecule has 1 aromatic carbocycles. The minimum atomic E-state index is -4.44. The number of rotatable bonds is 6. The highest BCUT2D eigenvalue weighted by Crippen LogP contribution is 2.23. The molecule has 0 radical (unpaired) electrons. The van der Waals surface area contributed by atoms with E-state index in [0.29, 0.717) is 11.1 Å². The van der Waals surface area contributed by atoms with Gasteiger partial charge in [-0.25, -0.2) is 21.9 Å². The number of benzene rings is 1. The first-order chi connectivity index (χ1) is 9.47. The van der Waals surface area contributed by atoms with Crippen molar-refractivity contribution in [2.24, 2.45) is 5.73 Å². The normalized spacial score (nSPS) is 12.7. The van der Waals surface area contributed by atoms with Crippen LogP contribution in [-0.4, -0.2) is 32.3 Å². The molecule has 1 rings (SSSR count). The van der Waals surface area contributed by atoms with Crippen molar-refractivity contribution in [3.8, 4) is 0 Å². The summed E-state index contributed by atoms with van der Waals surface area (Å²) in [6, 6.07) is 3.58. The molecule has 0 atom stereocenters. The Morgan fingerprint density at radius 3 is 2.43 bits per heavy atom. The molecule has 0 fully saturated rings. The number of hydrogen-bond acceptors (Lipinski definition) is 3. The number of alkyl halides is 4. The van der Waals surface area contributed by atoms with Crippen LogP contribution in [0.2, 0.25) is 0 Å². The van der Waals surface area contributed by atoms with Gasteiger partial charge in [0.2, 0.25) is 10.0 Å². The van der Waals surface area contributed by atoms with E-state index in [1.807, 2.05) is 0 Å². The van der Waals surface area contributed by atoms with E-state index < -0.39 is 28.9 Å². The highest BCUT2D eigenvalue weighted by Gasteiger charge is 2.41. The van der Waals surface area contributed by atoms with E-state index in [2.05, 4.69) is 0 Å². The summed E-state index contributed by atoms with van der Waals surface area (Å²) in [5.41, 5.74) is 6.26. The number of hydrogen-bond donors (Lipinski definition) is 2. The van der Waals surface area contributed by atoms with Crippen LogP contribution in [0.1, 0.15) is 11.1 Å². The van der Waals surface area contributed by atoms with Crippen molar-refractivity contribution < 1.29 is 26.0 Å². The average molecular weight is 344 g/mol. The summed E-state index contributed by atoms with van der Waals surface area (Å²) in [7, 11) is -4.34. The third-order valence-electron chi connectivity index (χ3n) is 2.59. The lowest BCUT2D eigenvalue weighted by Gasteiger charge is -2.16. The zero-order valence-corrected chi connectivity index (χ0v) is 12.4. The number of nitrogens with two attached hydrogens (primary N) is 1. The van der Waals surface area contributed by atoms with Crippen LogP contribution < -0.4 is 10.5 Å². The second kappa shape index (κ2) is 6.24. The summed E-state index contributed by atoms with van der Waals surface area (Å²) in [6.45, 7) is -0.162. The molecule has 0 amide bonds. The van der Waals surface area contributed by atoms with Crippen LogP contribution >= 0.6 is 12.2 Å². The molecule has 0 unspecified atom stereocenters. The molecule has 0 heterocycles. The molecule has 0 aliphatic carbocycles. The molecule has 0 aromatic heterocycles. The third kappa shape index (κ3) is 4.35. The number of thiocarbonyl (C=S) groups is 1. The van der Waals surface area contributed by atoms with Crippen molar-refractivity contribution in [2.75, 3.05) is 6.54 Å². The van der Waals surface area contributed by atoms with E-state index in [4.69, 9.17) is 18.0 Å². The lowest BCUT2D eigenvalue weighted by molar-refractivity contribution is -0.122. The summed E-state index contributed by atoms with van der Waals surface area (Å²) in [4.78, 5) is -0.293. The number of halogens is 4. The molecule has 0 saturated heterocycles. The molecular formula is C11H12F4N2O2S2. The van der Waals surface area contributed by atoms with Gasteiger partial charge in [-0.15, -0.1) is 0 Å². The van der Waals surface area contributed by atoms with Crippen molar-refractivity contribution in [1.82, 2.24) is 4.72 Å². The van der Waals surface area contributed by atoms with Crippen molar-refractivity contribution in [2.45, 2.75) is 24.2 Å². The highest BCUT2D eigenvalue weighted by atomic mass is 32.2. The highest BCUT2D eigenvalue weighted by molar-refractivity contribution is 7.89. The number of sulfonamides is 1. The smallest absolute Gasteiger partial charge is 0.320 e.